The molecule has 0 spiro atoms. The maximum absolute atomic E-state index is 12.2. The second-order valence-electron chi connectivity index (χ2n) is 7.16. The van der Waals surface area contributed by atoms with Crippen LogP contribution in [0.25, 0.3) is 0 Å². The molecule has 104 valence electrons. The van der Waals surface area contributed by atoms with Gasteiger partial charge in [-0.05, 0) is 50.4 Å². The van der Waals surface area contributed by atoms with Crippen LogP contribution in [0.5, 0.6) is 0 Å². The van der Waals surface area contributed by atoms with Crippen molar-refractivity contribution in [1.29, 1.82) is 0 Å². The highest BCUT2D eigenvalue weighted by molar-refractivity contribution is 5.99. The molecule has 0 aromatic rings. The molecule has 0 aromatic heterocycles. The Balaban J connectivity index is 1.97. The Bertz CT molecular complexity index is 455. The van der Waals surface area contributed by atoms with Gasteiger partial charge in [0.1, 0.15) is 17.9 Å². The number of hydrogen-bond donors (Lipinski definition) is 0. The van der Waals surface area contributed by atoms with Gasteiger partial charge in [0.05, 0.1) is 5.41 Å². The van der Waals surface area contributed by atoms with Crippen molar-refractivity contribution >= 4 is 17.9 Å². The molecule has 0 amide bonds. The van der Waals surface area contributed by atoms with Crippen LogP contribution in [0, 0.1) is 28.6 Å². The third-order valence-electron chi connectivity index (χ3n) is 6.47. The molecule has 0 N–H and O–H groups in total. The standard InChI is InChI=1S/C16H22O3/c1-15-8-7-12-10(11(15)4-6-13(15)18)3-5-14(19)16(12,2)9-17/h9-12H,3-8H2,1-2H3/t10-,11-,12-,15-,16+/m0/s1. The third-order valence-corrected chi connectivity index (χ3v) is 6.47. The summed E-state index contributed by atoms with van der Waals surface area (Å²) in [5.41, 5.74) is -0.971. The first-order valence-electron chi connectivity index (χ1n) is 7.46. The van der Waals surface area contributed by atoms with Crippen molar-refractivity contribution in [2.75, 3.05) is 0 Å². The minimum absolute atomic E-state index is 0.108. The first-order chi connectivity index (χ1) is 8.93. The molecule has 3 saturated carbocycles. The summed E-state index contributed by atoms with van der Waals surface area (Å²) in [5, 5.41) is 0. The largest absolute Gasteiger partial charge is 0.302 e. The number of fused-ring (bicyclic) bond motifs is 3. The molecule has 0 aromatic carbocycles. The number of ketones is 2. The van der Waals surface area contributed by atoms with E-state index in [1.54, 1.807) is 0 Å². The molecule has 3 aliphatic rings. The number of aldehydes is 1. The van der Waals surface area contributed by atoms with Gasteiger partial charge in [0, 0.05) is 18.3 Å². The van der Waals surface area contributed by atoms with Gasteiger partial charge in [-0.25, -0.2) is 0 Å². The smallest absolute Gasteiger partial charge is 0.146 e. The summed E-state index contributed by atoms with van der Waals surface area (Å²) in [4.78, 5) is 35.8. The fraction of sp³-hybridized carbons (Fsp3) is 0.812. The van der Waals surface area contributed by atoms with Crippen LogP contribution in [0.3, 0.4) is 0 Å². The van der Waals surface area contributed by atoms with E-state index in [1.165, 1.54) is 0 Å². The Hall–Kier alpha value is -0.990. The van der Waals surface area contributed by atoms with E-state index in [0.717, 1.165) is 32.0 Å². The second kappa shape index (κ2) is 4.00. The lowest BCUT2D eigenvalue weighted by atomic mass is 9.50. The minimum atomic E-state index is -0.796. The molecular weight excluding hydrogens is 240 g/mol. The zero-order chi connectivity index (χ0) is 13.8. The molecule has 0 unspecified atom stereocenters. The Morgan fingerprint density at radius 2 is 1.68 bits per heavy atom. The van der Waals surface area contributed by atoms with E-state index in [4.69, 9.17) is 0 Å². The van der Waals surface area contributed by atoms with E-state index in [1.807, 2.05) is 6.92 Å². The molecular formula is C16H22O3. The average Bonchev–Trinajstić information content (AvgIpc) is 2.70. The van der Waals surface area contributed by atoms with Gasteiger partial charge in [-0.2, -0.15) is 0 Å². The SMILES string of the molecule is C[C@]1(C=O)C(=O)CC[C@@H]2[C@@H]1CC[C@]1(C)C(=O)CC[C@@H]21. The average molecular weight is 262 g/mol. The van der Waals surface area contributed by atoms with Crippen molar-refractivity contribution in [3.63, 3.8) is 0 Å². The van der Waals surface area contributed by atoms with E-state index in [2.05, 4.69) is 6.92 Å². The van der Waals surface area contributed by atoms with E-state index < -0.39 is 5.41 Å². The molecule has 3 heteroatoms. The first-order valence-corrected chi connectivity index (χ1v) is 7.46. The number of carbonyl (C=O) groups is 3. The van der Waals surface area contributed by atoms with Crippen LogP contribution < -0.4 is 0 Å². The molecule has 3 aliphatic carbocycles. The zero-order valence-electron chi connectivity index (χ0n) is 11.8. The predicted octanol–water partition coefficient (Wildman–Crippen LogP) is 2.57. The molecule has 0 heterocycles. The van der Waals surface area contributed by atoms with Gasteiger partial charge < -0.3 is 4.79 Å². The van der Waals surface area contributed by atoms with Crippen LogP contribution in [0.4, 0.5) is 0 Å². The summed E-state index contributed by atoms with van der Waals surface area (Å²) in [6, 6.07) is 0. The maximum atomic E-state index is 12.2. The number of hydrogen-bond acceptors (Lipinski definition) is 3. The van der Waals surface area contributed by atoms with Crippen molar-refractivity contribution in [2.45, 2.75) is 52.4 Å². The number of Topliss-reactive ketones (excluding diaryl/α,β-unsaturated/α-hetero) is 2. The molecule has 19 heavy (non-hydrogen) atoms. The fourth-order valence-corrected chi connectivity index (χ4v) is 5.13. The lowest BCUT2D eigenvalue weighted by Crippen LogP contribution is -2.53. The lowest BCUT2D eigenvalue weighted by Gasteiger charge is -2.52. The predicted molar refractivity (Wildman–Crippen MR) is 70.5 cm³/mol. The maximum Gasteiger partial charge on any atom is 0.146 e. The highest BCUT2D eigenvalue weighted by Crippen LogP contribution is 2.60. The van der Waals surface area contributed by atoms with Crippen LogP contribution in [-0.2, 0) is 14.4 Å². The van der Waals surface area contributed by atoms with Gasteiger partial charge in [-0.3, -0.25) is 9.59 Å². The Labute approximate surface area is 114 Å². The van der Waals surface area contributed by atoms with Crippen molar-refractivity contribution in [3.8, 4) is 0 Å². The normalized spacial score (nSPS) is 49.7. The highest BCUT2D eigenvalue weighted by atomic mass is 16.1. The van der Waals surface area contributed by atoms with Crippen LogP contribution in [0.1, 0.15) is 52.4 Å². The van der Waals surface area contributed by atoms with Crippen LogP contribution in [0.15, 0.2) is 0 Å². The summed E-state index contributed by atoms with van der Waals surface area (Å²) in [6.07, 6.45) is 5.62. The number of rotatable bonds is 1. The second-order valence-corrected chi connectivity index (χ2v) is 7.16. The van der Waals surface area contributed by atoms with E-state index >= 15 is 0 Å². The fourth-order valence-electron chi connectivity index (χ4n) is 5.13. The van der Waals surface area contributed by atoms with Crippen molar-refractivity contribution in [3.05, 3.63) is 0 Å². The summed E-state index contributed by atoms with van der Waals surface area (Å²) in [6.45, 7) is 3.93. The Morgan fingerprint density at radius 1 is 1.00 bits per heavy atom. The summed E-state index contributed by atoms with van der Waals surface area (Å²) in [7, 11) is 0. The molecule has 5 atom stereocenters. The monoisotopic (exact) mass is 262 g/mol. The molecule has 0 aliphatic heterocycles. The topological polar surface area (TPSA) is 51.2 Å². The van der Waals surface area contributed by atoms with Crippen molar-refractivity contribution in [2.24, 2.45) is 28.6 Å². The van der Waals surface area contributed by atoms with Gasteiger partial charge in [0.25, 0.3) is 0 Å². The molecule has 3 nitrogen and oxygen atoms in total. The van der Waals surface area contributed by atoms with Crippen molar-refractivity contribution in [1.82, 2.24) is 0 Å². The molecule has 3 fully saturated rings. The lowest BCUT2D eigenvalue weighted by molar-refractivity contribution is -0.150. The molecule has 0 saturated heterocycles. The Morgan fingerprint density at radius 3 is 2.37 bits per heavy atom. The van der Waals surface area contributed by atoms with E-state index in [0.29, 0.717) is 30.5 Å². The van der Waals surface area contributed by atoms with E-state index in [9.17, 15) is 14.4 Å². The van der Waals surface area contributed by atoms with Crippen LogP contribution in [-0.4, -0.2) is 17.9 Å². The molecule has 0 bridgehead atoms. The quantitative estimate of drug-likeness (QED) is 0.539. The van der Waals surface area contributed by atoms with Gasteiger partial charge in [0.15, 0.2) is 0 Å². The highest BCUT2D eigenvalue weighted by Gasteiger charge is 2.59. The summed E-state index contributed by atoms with van der Waals surface area (Å²) >= 11 is 0. The molecule has 0 radical (unpaired) electrons. The summed E-state index contributed by atoms with van der Waals surface area (Å²) < 4.78 is 0. The van der Waals surface area contributed by atoms with Crippen LogP contribution >= 0.6 is 0 Å². The molecule has 3 rings (SSSR count). The van der Waals surface area contributed by atoms with Gasteiger partial charge in [-0.1, -0.05) is 6.92 Å². The number of carbonyl (C=O) groups excluding carboxylic acids is 3. The Kier molecular flexibility index (Phi) is 2.74. The van der Waals surface area contributed by atoms with Gasteiger partial charge in [-0.15, -0.1) is 0 Å². The zero-order valence-corrected chi connectivity index (χ0v) is 11.8. The van der Waals surface area contributed by atoms with Gasteiger partial charge >= 0.3 is 0 Å². The van der Waals surface area contributed by atoms with E-state index in [-0.39, 0.29) is 17.1 Å². The van der Waals surface area contributed by atoms with Gasteiger partial charge in [0.2, 0.25) is 0 Å². The third kappa shape index (κ3) is 1.53. The minimum Gasteiger partial charge on any atom is -0.302 e. The summed E-state index contributed by atoms with van der Waals surface area (Å²) in [5.74, 6) is 1.46. The van der Waals surface area contributed by atoms with Crippen molar-refractivity contribution < 1.29 is 14.4 Å². The first kappa shape index (κ1) is 13.0. The van der Waals surface area contributed by atoms with Crippen LogP contribution in [0.2, 0.25) is 0 Å².